The predicted octanol–water partition coefficient (Wildman–Crippen LogP) is 3.78. The molecule has 144 valence electrons. The molecule has 1 aliphatic heterocycles. The lowest BCUT2D eigenvalue weighted by molar-refractivity contribution is -0.126. The molecule has 0 spiro atoms. The molecule has 1 amide bonds. The van der Waals surface area contributed by atoms with E-state index in [9.17, 15) is 4.79 Å². The Morgan fingerprint density at radius 2 is 2.11 bits per heavy atom. The lowest BCUT2D eigenvalue weighted by Gasteiger charge is -2.25. The number of halogens is 1. The van der Waals surface area contributed by atoms with Gasteiger partial charge in [0.1, 0.15) is 16.7 Å². The van der Waals surface area contributed by atoms with E-state index in [0.29, 0.717) is 11.7 Å². The minimum Gasteiger partial charge on any atom is -0.497 e. The number of carbonyl (C=O) groups is 1. The number of rotatable bonds is 5. The largest absolute Gasteiger partial charge is 0.497 e. The van der Waals surface area contributed by atoms with Gasteiger partial charge in [0.15, 0.2) is 0 Å². The molecule has 27 heavy (non-hydrogen) atoms. The number of likely N-dealkylation sites (tertiary alicyclic amines) is 1. The van der Waals surface area contributed by atoms with Crippen LogP contribution in [0.4, 0.5) is 0 Å². The first-order chi connectivity index (χ1) is 13.0. The van der Waals surface area contributed by atoms with E-state index in [2.05, 4.69) is 5.10 Å². The van der Waals surface area contributed by atoms with Gasteiger partial charge in [-0.25, -0.2) is 0 Å². The van der Waals surface area contributed by atoms with Crippen LogP contribution in [0.15, 0.2) is 24.3 Å². The molecule has 0 aliphatic carbocycles. The second kappa shape index (κ2) is 8.05. The van der Waals surface area contributed by atoms with Crippen LogP contribution >= 0.6 is 11.6 Å². The molecule has 6 nitrogen and oxygen atoms in total. The number of aryl methyl sites for hydroxylation is 2. The summed E-state index contributed by atoms with van der Waals surface area (Å²) >= 11 is 6.25. The van der Waals surface area contributed by atoms with E-state index in [1.165, 1.54) is 0 Å². The number of carbonyl (C=O) groups excluding carboxylic acids is 1. The Bertz CT molecular complexity index is 876. The molecule has 1 aromatic heterocycles. The Morgan fingerprint density at radius 1 is 1.33 bits per heavy atom. The molecule has 0 N–H and O–H groups in total. The highest BCUT2D eigenvalue weighted by atomic mass is 35.5. The van der Waals surface area contributed by atoms with E-state index < -0.39 is 0 Å². The summed E-state index contributed by atoms with van der Waals surface area (Å²) in [7, 11) is 5.03. The Hall–Kier alpha value is -2.47. The number of benzene rings is 1. The fraction of sp³-hybridized carbons (Fsp3) is 0.400. The van der Waals surface area contributed by atoms with Crippen molar-refractivity contribution < 1.29 is 14.3 Å². The fourth-order valence-corrected chi connectivity index (χ4v) is 3.77. The zero-order valence-electron chi connectivity index (χ0n) is 16.0. The molecule has 1 atom stereocenters. The van der Waals surface area contributed by atoms with Crippen molar-refractivity contribution in [3.8, 4) is 11.5 Å². The first-order valence-corrected chi connectivity index (χ1v) is 9.23. The van der Waals surface area contributed by atoms with Gasteiger partial charge >= 0.3 is 0 Å². The van der Waals surface area contributed by atoms with E-state index >= 15 is 0 Å². The molecule has 3 rings (SSSR count). The van der Waals surface area contributed by atoms with Crippen LogP contribution in [0.5, 0.6) is 11.5 Å². The summed E-state index contributed by atoms with van der Waals surface area (Å²) in [5.41, 5.74) is 2.56. The molecule has 1 unspecified atom stereocenters. The number of hydrogen-bond donors (Lipinski definition) is 0. The second-order valence-electron chi connectivity index (χ2n) is 6.54. The van der Waals surface area contributed by atoms with E-state index in [1.807, 2.05) is 30.0 Å². The number of ether oxygens (including phenoxy) is 2. The van der Waals surface area contributed by atoms with E-state index in [4.69, 9.17) is 21.1 Å². The predicted molar refractivity (Wildman–Crippen MR) is 105 cm³/mol. The average Bonchev–Trinajstić information content (AvgIpc) is 3.24. The smallest absolute Gasteiger partial charge is 0.247 e. The number of aromatic nitrogens is 2. The average molecular weight is 390 g/mol. The highest BCUT2D eigenvalue weighted by Crippen LogP contribution is 2.38. The van der Waals surface area contributed by atoms with Gasteiger partial charge in [0.25, 0.3) is 0 Å². The van der Waals surface area contributed by atoms with Crippen molar-refractivity contribution in [1.82, 2.24) is 14.7 Å². The molecule has 1 fully saturated rings. The summed E-state index contributed by atoms with van der Waals surface area (Å²) in [6.45, 7) is 2.58. The molecule has 0 radical (unpaired) electrons. The van der Waals surface area contributed by atoms with Gasteiger partial charge in [-0.2, -0.15) is 5.10 Å². The standard InChI is InChI=1S/C20H24ClN3O3/c1-13-15(20(21)23(2)22-13)9-10-19(25)24-11-5-6-17(24)16-8-7-14(26-3)12-18(16)27-4/h7-10,12,17H,5-6,11H2,1-4H3/b10-9+. The summed E-state index contributed by atoms with van der Waals surface area (Å²) in [4.78, 5) is 14.7. The van der Waals surface area contributed by atoms with Gasteiger partial charge in [-0.15, -0.1) is 0 Å². The molecule has 1 aliphatic rings. The fourth-order valence-electron chi connectivity index (χ4n) is 3.53. The van der Waals surface area contributed by atoms with Crippen LogP contribution in [0.1, 0.15) is 35.7 Å². The molecule has 7 heteroatoms. The van der Waals surface area contributed by atoms with Crippen LogP contribution in [0.25, 0.3) is 6.08 Å². The SMILES string of the molecule is COc1ccc(C2CCCN2C(=O)/C=C/c2c(C)nn(C)c2Cl)c(OC)c1. The number of hydrogen-bond acceptors (Lipinski definition) is 4. The lowest BCUT2D eigenvalue weighted by atomic mass is 10.0. The Balaban J connectivity index is 1.84. The molecule has 2 heterocycles. The summed E-state index contributed by atoms with van der Waals surface area (Å²) in [5, 5.41) is 4.79. The molecule has 1 saturated heterocycles. The monoisotopic (exact) mass is 389 g/mol. The quantitative estimate of drug-likeness (QED) is 0.730. The van der Waals surface area contributed by atoms with E-state index in [-0.39, 0.29) is 11.9 Å². The van der Waals surface area contributed by atoms with Crippen LogP contribution in [0, 0.1) is 6.92 Å². The molecule has 0 saturated carbocycles. The van der Waals surface area contributed by atoms with Crippen molar-refractivity contribution in [3.63, 3.8) is 0 Å². The Kier molecular flexibility index (Phi) is 5.75. The van der Waals surface area contributed by atoms with Gasteiger partial charge in [-0.3, -0.25) is 9.48 Å². The van der Waals surface area contributed by atoms with Crippen LogP contribution in [-0.2, 0) is 11.8 Å². The van der Waals surface area contributed by atoms with Gasteiger partial charge in [0.2, 0.25) is 5.91 Å². The van der Waals surface area contributed by atoms with Crippen molar-refractivity contribution in [2.45, 2.75) is 25.8 Å². The summed E-state index contributed by atoms with van der Waals surface area (Å²) < 4.78 is 12.4. The van der Waals surface area contributed by atoms with Crippen molar-refractivity contribution in [1.29, 1.82) is 0 Å². The summed E-state index contributed by atoms with van der Waals surface area (Å²) in [6, 6.07) is 5.70. The zero-order chi connectivity index (χ0) is 19.6. The zero-order valence-corrected chi connectivity index (χ0v) is 16.8. The number of methoxy groups -OCH3 is 2. The second-order valence-corrected chi connectivity index (χ2v) is 6.90. The first-order valence-electron chi connectivity index (χ1n) is 8.86. The van der Waals surface area contributed by atoms with Gasteiger partial charge in [0.05, 0.1) is 26.0 Å². The highest BCUT2D eigenvalue weighted by molar-refractivity contribution is 6.31. The summed E-state index contributed by atoms with van der Waals surface area (Å²) in [6.07, 6.45) is 5.17. The van der Waals surface area contributed by atoms with E-state index in [1.54, 1.807) is 38.1 Å². The molecular formula is C20H24ClN3O3. The number of amides is 1. The van der Waals surface area contributed by atoms with Crippen molar-refractivity contribution in [2.75, 3.05) is 20.8 Å². The molecule has 2 aromatic rings. The van der Waals surface area contributed by atoms with Gasteiger partial charge in [-0.1, -0.05) is 11.6 Å². The Morgan fingerprint density at radius 3 is 2.74 bits per heavy atom. The van der Waals surface area contributed by atoms with Crippen LogP contribution in [-0.4, -0.2) is 41.4 Å². The normalized spacial score (nSPS) is 16.9. The van der Waals surface area contributed by atoms with Gasteiger partial charge < -0.3 is 14.4 Å². The molecular weight excluding hydrogens is 366 g/mol. The van der Waals surface area contributed by atoms with Crippen LogP contribution in [0.2, 0.25) is 5.15 Å². The van der Waals surface area contributed by atoms with Gasteiger partial charge in [0, 0.05) is 36.9 Å². The first kappa shape index (κ1) is 19.3. The Labute approximate surface area is 164 Å². The maximum Gasteiger partial charge on any atom is 0.247 e. The minimum atomic E-state index is -0.0466. The highest BCUT2D eigenvalue weighted by Gasteiger charge is 2.31. The minimum absolute atomic E-state index is 0.0199. The molecule has 0 bridgehead atoms. The third-order valence-electron chi connectivity index (χ3n) is 4.92. The van der Waals surface area contributed by atoms with Crippen LogP contribution < -0.4 is 9.47 Å². The summed E-state index contributed by atoms with van der Waals surface area (Å²) in [5.74, 6) is 1.41. The topological polar surface area (TPSA) is 56.6 Å². The van der Waals surface area contributed by atoms with Crippen molar-refractivity contribution in [3.05, 3.63) is 46.2 Å². The number of nitrogens with zero attached hydrogens (tertiary/aromatic N) is 3. The maximum atomic E-state index is 12.9. The maximum absolute atomic E-state index is 12.9. The third kappa shape index (κ3) is 3.81. The van der Waals surface area contributed by atoms with Crippen molar-refractivity contribution >= 4 is 23.6 Å². The van der Waals surface area contributed by atoms with Gasteiger partial charge in [-0.05, 0) is 38.0 Å². The van der Waals surface area contributed by atoms with Crippen molar-refractivity contribution in [2.24, 2.45) is 7.05 Å². The third-order valence-corrected chi connectivity index (χ3v) is 5.37. The van der Waals surface area contributed by atoms with E-state index in [0.717, 1.165) is 41.2 Å². The lowest BCUT2D eigenvalue weighted by Crippen LogP contribution is -2.29. The van der Waals surface area contributed by atoms with Crippen LogP contribution in [0.3, 0.4) is 0 Å². The molecule has 1 aromatic carbocycles.